The van der Waals surface area contributed by atoms with Gasteiger partial charge in [0.25, 0.3) is 5.22 Å². The van der Waals surface area contributed by atoms with Crippen LogP contribution in [0.4, 0.5) is 0 Å². The number of para-hydroxylation sites is 2. The van der Waals surface area contributed by atoms with Crippen LogP contribution in [0.1, 0.15) is 6.92 Å². The second-order valence-electron chi connectivity index (χ2n) is 3.86. The van der Waals surface area contributed by atoms with Crippen molar-refractivity contribution < 1.29 is 19.1 Å². The quantitative estimate of drug-likeness (QED) is 0.806. The van der Waals surface area contributed by atoms with Crippen molar-refractivity contribution in [3.05, 3.63) is 24.3 Å². The van der Waals surface area contributed by atoms with Crippen molar-refractivity contribution in [3.63, 3.8) is 0 Å². The number of thioether (sulfide) groups is 1. The van der Waals surface area contributed by atoms with Crippen LogP contribution in [-0.2, 0) is 9.59 Å². The van der Waals surface area contributed by atoms with E-state index in [9.17, 15) is 9.59 Å². The average Bonchev–Trinajstić information content (AvgIpc) is 2.78. The summed E-state index contributed by atoms with van der Waals surface area (Å²) in [7, 11) is 0. The first-order valence-electron chi connectivity index (χ1n) is 5.57. The zero-order valence-electron chi connectivity index (χ0n) is 10.1. The minimum absolute atomic E-state index is 0.0600. The number of nitrogens with one attached hydrogen (secondary N) is 1. The molecule has 0 saturated heterocycles. The fourth-order valence-electron chi connectivity index (χ4n) is 1.38. The zero-order valence-corrected chi connectivity index (χ0v) is 10.9. The van der Waals surface area contributed by atoms with Crippen LogP contribution in [0.15, 0.2) is 33.9 Å². The summed E-state index contributed by atoms with van der Waals surface area (Å²) in [6, 6.07) is 6.38. The number of fused-ring (bicyclic) bond motifs is 1. The molecule has 19 heavy (non-hydrogen) atoms. The van der Waals surface area contributed by atoms with Crippen LogP contribution in [0.25, 0.3) is 11.1 Å². The molecule has 1 aromatic heterocycles. The second-order valence-corrected chi connectivity index (χ2v) is 4.79. The van der Waals surface area contributed by atoms with Gasteiger partial charge in [-0.3, -0.25) is 9.59 Å². The molecule has 0 aliphatic carbocycles. The molecule has 1 amide bonds. The lowest BCUT2D eigenvalue weighted by atomic mass is 10.3. The number of amides is 1. The second kappa shape index (κ2) is 5.75. The molecule has 100 valence electrons. The van der Waals surface area contributed by atoms with Crippen molar-refractivity contribution in [3.8, 4) is 0 Å². The Bertz CT molecular complexity index is 578. The maximum absolute atomic E-state index is 11.5. The van der Waals surface area contributed by atoms with Crippen LogP contribution in [0, 0.1) is 0 Å². The first kappa shape index (κ1) is 13.4. The number of aromatic nitrogens is 1. The molecule has 1 aromatic carbocycles. The Hall–Kier alpha value is -2.02. The van der Waals surface area contributed by atoms with Crippen molar-refractivity contribution in [1.82, 2.24) is 10.3 Å². The Morgan fingerprint density at radius 3 is 2.89 bits per heavy atom. The van der Waals surface area contributed by atoms with E-state index in [2.05, 4.69) is 10.3 Å². The van der Waals surface area contributed by atoms with Crippen molar-refractivity contribution in [2.45, 2.75) is 18.2 Å². The monoisotopic (exact) mass is 280 g/mol. The van der Waals surface area contributed by atoms with E-state index in [0.717, 1.165) is 17.3 Å². The van der Waals surface area contributed by atoms with Crippen LogP contribution < -0.4 is 5.32 Å². The number of carboxylic acid groups (broad SMARTS) is 1. The highest BCUT2D eigenvalue weighted by Crippen LogP contribution is 2.22. The van der Waals surface area contributed by atoms with E-state index in [0.29, 0.717) is 10.8 Å². The lowest BCUT2D eigenvalue weighted by Crippen LogP contribution is -2.39. The van der Waals surface area contributed by atoms with Crippen LogP contribution >= 0.6 is 11.8 Å². The van der Waals surface area contributed by atoms with Crippen LogP contribution in [0.2, 0.25) is 0 Å². The molecule has 7 heteroatoms. The molecule has 2 rings (SSSR count). The van der Waals surface area contributed by atoms with Gasteiger partial charge in [-0.1, -0.05) is 23.9 Å². The third-order valence-corrected chi connectivity index (χ3v) is 3.18. The summed E-state index contributed by atoms with van der Waals surface area (Å²) in [6.45, 7) is 1.41. The Balaban J connectivity index is 1.91. The van der Waals surface area contributed by atoms with E-state index in [4.69, 9.17) is 9.52 Å². The van der Waals surface area contributed by atoms with Gasteiger partial charge in [-0.25, -0.2) is 4.98 Å². The Morgan fingerprint density at radius 1 is 1.47 bits per heavy atom. The van der Waals surface area contributed by atoms with Gasteiger partial charge in [0.15, 0.2) is 5.58 Å². The molecular weight excluding hydrogens is 268 g/mol. The number of carbonyl (C=O) groups excluding carboxylic acids is 1. The number of hydrogen-bond donors (Lipinski definition) is 2. The predicted octanol–water partition coefficient (Wildman–Crippen LogP) is 1.51. The molecule has 1 atom stereocenters. The fourth-order valence-corrected chi connectivity index (χ4v) is 2.03. The number of hydrogen-bond acceptors (Lipinski definition) is 5. The summed E-state index contributed by atoms with van der Waals surface area (Å²) in [5.74, 6) is -1.38. The van der Waals surface area contributed by atoms with E-state index in [1.54, 1.807) is 6.07 Å². The summed E-state index contributed by atoms with van der Waals surface area (Å²) in [4.78, 5) is 26.3. The summed E-state index contributed by atoms with van der Waals surface area (Å²) >= 11 is 1.13. The van der Waals surface area contributed by atoms with E-state index >= 15 is 0 Å². The Kier molecular flexibility index (Phi) is 4.06. The molecule has 0 radical (unpaired) electrons. The number of carboxylic acids is 1. The van der Waals surface area contributed by atoms with Crippen molar-refractivity contribution in [2.75, 3.05) is 5.75 Å². The highest BCUT2D eigenvalue weighted by molar-refractivity contribution is 7.99. The van der Waals surface area contributed by atoms with E-state index in [1.165, 1.54) is 6.92 Å². The van der Waals surface area contributed by atoms with Crippen LogP contribution in [0.5, 0.6) is 0 Å². The highest BCUT2D eigenvalue weighted by Gasteiger charge is 2.15. The van der Waals surface area contributed by atoms with Gasteiger partial charge in [-0.05, 0) is 19.1 Å². The van der Waals surface area contributed by atoms with E-state index < -0.39 is 12.0 Å². The lowest BCUT2D eigenvalue weighted by molar-refractivity contribution is -0.140. The van der Waals surface area contributed by atoms with Gasteiger partial charge in [0.1, 0.15) is 11.6 Å². The Labute approximate surface area is 113 Å². The number of carbonyl (C=O) groups is 2. The SMILES string of the molecule is C[C@@H](NC(=O)CSc1nc2ccccc2o1)C(=O)O. The number of oxazole rings is 1. The Morgan fingerprint density at radius 2 is 2.21 bits per heavy atom. The molecule has 2 N–H and O–H groups in total. The zero-order chi connectivity index (χ0) is 13.8. The predicted molar refractivity (Wildman–Crippen MR) is 70.0 cm³/mol. The maximum atomic E-state index is 11.5. The maximum Gasteiger partial charge on any atom is 0.325 e. The van der Waals surface area contributed by atoms with Gasteiger partial charge in [-0.2, -0.15) is 0 Å². The molecule has 0 aliphatic heterocycles. The lowest BCUT2D eigenvalue weighted by Gasteiger charge is -2.07. The third kappa shape index (κ3) is 3.47. The molecule has 1 heterocycles. The largest absolute Gasteiger partial charge is 0.480 e. The van der Waals surface area contributed by atoms with Crippen molar-refractivity contribution in [1.29, 1.82) is 0 Å². The average molecular weight is 280 g/mol. The van der Waals surface area contributed by atoms with Gasteiger partial charge in [-0.15, -0.1) is 0 Å². The number of aliphatic carboxylic acids is 1. The van der Waals surface area contributed by atoms with Crippen molar-refractivity contribution >= 4 is 34.7 Å². The first-order valence-corrected chi connectivity index (χ1v) is 6.55. The number of nitrogens with zero attached hydrogens (tertiary/aromatic N) is 1. The van der Waals surface area contributed by atoms with Crippen LogP contribution in [-0.4, -0.2) is 33.8 Å². The van der Waals surface area contributed by atoms with Gasteiger partial charge >= 0.3 is 5.97 Å². The third-order valence-electron chi connectivity index (χ3n) is 2.35. The van der Waals surface area contributed by atoms with Gasteiger partial charge in [0, 0.05) is 0 Å². The summed E-state index contributed by atoms with van der Waals surface area (Å²) in [5, 5.41) is 11.4. The molecule has 6 nitrogen and oxygen atoms in total. The van der Waals surface area contributed by atoms with E-state index in [-0.39, 0.29) is 11.7 Å². The van der Waals surface area contributed by atoms with Gasteiger partial charge < -0.3 is 14.8 Å². The summed E-state index contributed by atoms with van der Waals surface area (Å²) in [5.41, 5.74) is 1.38. The first-order chi connectivity index (χ1) is 9.06. The van der Waals surface area contributed by atoms with Gasteiger partial charge in [0.05, 0.1) is 5.75 Å². The normalized spacial score (nSPS) is 12.3. The molecule has 2 aromatic rings. The molecule has 0 saturated carbocycles. The molecule has 0 bridgehead atoms. The molecule has 0 spiro atoms. The molecular formula is C12H12N2O4S. The highest BCUT2D eigenvalue weighted by atomic mass is 32.2. The van der Waals surface area contributed by atoms with Crippen molar-refractivity contribution in [2.24, 2.45) is 0 Å². The van der Waals surface area contributed by atoms with Crippen LogP contribution in [0.3, 0.4) is 0 Å². The molecule has 0 unspecified atom stereocenters. The minimum atomic E-state index is -1.07. The fraction of sp³-hybridized carbons (Fsp3) is 0.250. The van der Waals surface area contributed by atoms with Gasteiger partial charge in [0.2, 0.25) is 5.91 Å². The summed E-state index contributed by atoms with van der Waals surface area (Å²) < 4.78 is 5.43. The summed E-state index contributed by atoms with van der Waals surface area (Å²) in [6.07, 6.45) is 0. The molecule has 0 fully saturated rings. The molecule has 0 aliphatic rings. The number of benzene rings is 1. The smallest absolute Gasteiger partial charge is 0.325 e. The minimum Gasteiger partial charge on any atom is -0.480 e. The van der Waals surface area contributed by atoms with E-state index in [1.807, 2.05) is 18.2 Å². The standard InChI is InChI=1S/C12H12N2O4S/c1-7(11(16)17)13-10(15)6-19-12-14-8-4-2-3-5-9(8)18-12/h2-5,7H,6H2,1H3,(H,13,15)(H,16,17)/t7-/m1/s1. The topological polar surface area (TPSA) is 92.4 Å². The number of rotatable bonds is 5.